The Labute approximate surface area is 193 Å². The lowest BCUT2D eigenvalue weighted by molar-refractivity contribution is 0.395. The molecule has 0 atom stereocenters. The first-order valence-electron chi connectivity index (χ1n) is 9.44. The average molecular weight is 491 g/mol. The van der Waals surface area contributed by atoms with Crippen molar-refractivity contribution in [2.45, 2.75) is 11.4 Å². The molecule has 1 aromatic heterocycles. The lowest BCUT2D eigenvalue weighted by Crippen LogP contribution is -2.14. The van der Waals surface area contributed by atoms with Crippen LogP contribution in [0.4, 0.5) is 5.69 Å². The topological polar surface area (TPSA) is 86.6 Å². The molecule has 0 aliphatic heterocycles. The van der Waals surface area contributed by atoms with E-state index >= 15 is 0 Å². The second kappa shape index (κ2) is 8.85. The molecular weight excluding hydrogens is 472 g/mol. The van der Waals surface area contributed by atoms with Gasteiger partial charge < -0.3 is 9.47 Å². The number of hydrogen-bond donors (Lipinski definition) is 1. The third kappa shape index (κ3) is 4.32. The molecule has 1 heterocycles. The Bertz CT molecular complexity index is 1460. The van der Waals surface area contributed by atoms with Gasteiger partial charge in [-0.05, 0) is 42.0 Å². The fourth-order valence-corrected chi connectivity index (χ4v) is 5.54. The molecule has 0 radical (unpaired) electrons. The van der Waals surface area contributed by atoms with E-state index in [4.69, 9.17) is 21.1 Å². The van der Waals surface area contributed by atoms with Crippen molar-refractivity contribution < 1.29 is 17.9 Å². The van der Waals surface area contributed by atoms with E-state index in [0.29, 0.717) is 33.3 Å². The van der Waals surface area contributed by atoms with Gasteiger partial charge >= 0.3 is 4.87 Å². The minimum Gasteiger partial charge on any atom is -0.497 e. The lowest BCUT2D eigenvalue weighted by atomic mass is 10.2. The number of halogens is 1. The van der Waals surface area contributed by atoms with Crippen molar-refractivity contribution in [1.29, 1.82) is 0 Å². The summed E-state index contributed by atoms with van der Waals surface area (Å²) in [5.74, 6) is 0.861. The van der Waals surface area contributed by atoms with Crippen LogP contribution in [0.5, 0.6) is 11.5 Å². The number of sulfonamides is 1. The van der Waals surface area contributed by atoms with Crippen LogP contribution in [-0.2, 0) is 16.6 Å². The van der Waals surface area contributed by atoms with Crippen LogP contribution < -0.4 is 19.1 Å². The largest absolute Gasteiger partial charge is 0.497 e. The molecule has 4 rings (SSSR count). The molecule has 0 aliphatic carbocycles. The molecule has 0 saturated heterocycles. The van der Waals surface area contributed by atoms with Crippen molar-refractivity contribution in [3.05, 3.63) is 80.9 Å². The molecule has 0 unspecified atom stereocenters. The highest BCUT2D eigenvalue weighted by Gasteiger charge is 2.19. The van der Waals surface area contributed by atoms with Crippen LogP contribution in [0, 0.1) is 0 Å². The second-order valence-corrected chi connectivity index (χ2v) is 9.93. The molecule has 0 bridgehead atoms. The van der Waals surface area contributed by atoms with Gasteiger partial charge in [-0.25, -0.2) is 8.42 Å². The molecule has 0 aliphatic rings. The van der Waals surface area contributed by atoms with E-state index < -0.39 is 10.0 Å². The molecule has 10 heteroatoms. The van der Waals surface area contributed by atoms with Crippen LogP contribution in [0.2, 0.25) is 5.02 Å². The molecule has 0 spiro atoms. The Balaban J connectivity index is 1.68. The summed E-state index contributed by atoms with van der Waals surface area (Å²) in [5, 5.41) is 0.565. The number of fused-ring (bicyclic) bond motifs is 1. The van der Waals surface area contributed by atoms with Gasteiger partial charge in [-0.3, -0.25) is 14.1 Å². The summed E-state index contributed by atoms with van der Waals surface area (Å²) in [4.78, 5) is 12.4. The highest BCUT2D eigenvalue weighted by atomic mass is 35.5. The van der Waals surface area contributed by atoms with E-state index in [1.165, 1.54) is 26.4 Å². The first-order chi connectivity index (χ1) is 15.3. The molecular formula is C22H19ClN2O5S2. The Morgan fingerprint density at radius 1 is 1.03 bits per heavy atom. The molecule has 1 N–H and O–H groups in total. The van der Waals surface area contributed by atoms with Crippen LogP contribution in [0.25, 0.3) is 10.2 Å². The number of ether oxygens (including phenoxy) is 2. The molecule has 7 nitrogen and oxygen atoms in total. The maximum atomic E-state index is 13.0. The predicted molar refractivity (Wildman–Crippen MR) is 127 cm³/mol. The quantitative estimate of drug-likeness (QED) is 0.409. The van der Waals surface area contributed by atoms with Gasteiger partial charge in [-0.1, -0.05) is 41.1 Å². The van der Waals surface area contributed by atoms with Crippen molar-refractivity contribution in [3.8, 4) is 11.5 Å². The van der Waals surface area contributed by atoms with Gasteiger partial charge in [0.05, 0.1) is 41.6 Å². The molecule has 32 heavy (non-hydrogen) atoms. The Morgan fingerprint density at radius 2 is 1.81 bits per heavy atom. The van der Waals surface area contributed by atoms with Crippen LogP contribution in [-0.4, -0.2) is 27.2 Å². The molecule has 0 fully saturated rings. The maximum Gasteiger partial charge on any atom is 0.308 e. The highest BCUT2D eigenvalue weighted by Crippen LogP contribution is 2.31. The third-order valence-corrected chi connectivity index (χ3v) is 7.56. The van der Waals surface area contributed by atoms with Crippen molar-refractivity contribution >= 4 is 48.9 Å². The number of methoxy groups -OCH3 is 2. The zero-order chi connectivity index (χ0) is 22.9. The zero-order valence-corrected chi connectivity index (χ0v) is 19.6. The van der Waals surface area contributed by atoms with E-state index in [9.17, 15) is 13.2 Å². The van der Waals surface area contributed by atoms with Crippen LogP contribution in [0.15, 0.2) is 70.4 Å². The summed E-state index contributed by atoms with van der Waals surface area (Å²) < 4.78 is 41.1. The normalized spacial score (nSPS) is 11.5. The number of benzene rings is 3. The smallest absolute Gasteiger partial charge is 0.308 e. The summed E-state index contributed by atoms with van der Waals surface area (Å²) >= 11 is 7.22. The van der Waals surface area contributed by atoms with Gasteiger partial charge in [-0.2, -0.15) is 0 Å². The van der Waals surface area contributed by atoms with Gasteiger partial charge in [0.2, 0.25) is 0 Å². The molecule has 0 saturated carbocycles. The molecule has 166 valence electrons. The summed E-state index contributed by atoms with van der Waals surface area (Å²) in [7, 11) is -0.969. The van der Waals surface area contributed by atoms with Crippen molar-refractivity contribution in [2.24, 2.45) is 0 Å². The Hall–Kier alpha value is -3.01. The number of anilines is 1. The van der Waals surface area contributed by atoms with E-state index in [-0.39, 0.29) is 15.5 Å². The summed E-state index contributed by atoms with van der Waals surface area (Å²) in [5.41, 5.74) is 1.72. The first-order valence-corrected chi connectivity index (χ1v) is 12.1. The number of nitrogens with one attached hydrogen (secondary N) is 1. The van der Waals surface area contributed by atoms with E-state index in [1.807, 2.05) is 18.2 Å². The molecule has 3 aromatic carbocycles. The fraction of sp³-hybridized carbons (Fsp3) is 0.136. The van der Waals surface area contributed by atoms with E-state index in [0.717, 1.165) is 16.9 Å². The van der Waals surface area contributed by atoms with Crippen LogP contribution >= 0.6 is 22.9 Å². The average Bonchev–Trinajstić information content (AvgIpc) is 3.09. The molecule has 4 aromatic rings. The standard InChI is InChI=1S/C22H19ClN2O5S2/c1-29-15-7-9-18(20(11-15)30-2)24-32(27,28)16-8-10-19-21(12-16)31-22(26)25(19)13-14-5-3-4-6-17(14)23/h3-12,24H,13H2,1-2H3. The summed E-state index contributed by atoms with van der Waals surface area (Å²) in [6.07, 6.45) is 0. The lowest BCUT2D eigenvalue weighted by Gasteiger charge is -2.13. The van der Waals surface area contributed by atoms with Crippen molar-refractivity contribution in [2.75, 3.05) is 18.9 Å². The minimum absolute atomic E-state index is 0.0361. The van der Waals surface area contributed by atoms with Crippen LogP contribution in [0.3, 0.4) is 0 Å². The number of aromatic nitrogens is 1. The fourth-order valence-electron chi connectivity index (χ4n) is 3.25. The first kappa shape index (κ1) is 22.2. The SMILES string of the molecule is COc1ccc(NS(=O)(=O)c2ccc3c(c2)sc(=O)n3Cc2ccccc2Cl)c(OC)c1. The van der Waals surface area contributed by atoms with Gasteiger partial charge in [0.1, 0.15) is 11.5 Å². The zero-order valence-electron chi connectivity index (χ0n) is 17.2. The third-order valence-electron chi connectivity index (χ3n) is 4.89. The highest BCUT2D eigenvalue weighted by molar-refractivity contribution is 7.92. The Kier molecular flexibility index (Phi) is 6.14. The van der Waals surface area contributed by atoms with E-state index in [1.54, 1.807) is 34.9 Å². The van der Waals surface area contributed by atoms with Gasteiger partial charge in [-0.15, -0.1) is 0 Å². The Morgan fingerprint density at radius 3 is 2.53 bits per heavy atom. The van der Waals surface area contributed by atoms with Gasteiger partial charge in [0, 0.05) is 11.1 Å². The minimum atomic E-state index is -3.92. The van der Waals surface area contributed by atoms with Crippen molar-refractivity contribution in [3.63, 3.8) is 0 Å². The van der Waals surface area contributed by atoms with Crippen molar-refractivity contribution in [1.82, 2.24) is 4.57 Å². The predicted octanol–water partition coefficient (Wildman–Crippen LogP) is 4.58. The number of hydrogen-bond acceptors (Lipinski definition) is 6. The second-order valence-electron chi connectivity index (χ2n) is 6.85. The molecule has 0 amide bonds. The summed E-state index contributed by atoms with van der Waals surface area (Å²) in [6, 6.07) is 16.6. The maximum absolute atomic E-state index is 13.0. The van der Waals surface area contributed by atoms with Gasteiger partial charge in [0.25, 0.3) is 10.0 Å². The number of rotatable bonds is 7. The van der Waals surface area contributed by atoms with Crippen LogP contribution in [0.1, 0.15) is 5.56 Å². The monoisotopic (exact) mass is 490 g/mol. The number of thiazole rings is 1. The van der Waals surface area contributed by atoms with Gasteiger partial charge in [0.15, 0.2) is 0 Å². The summed E-state index contributed by atoms with van der Waals surface area (Å²) in [6.45, 7) is 0.298. The van der Waals surface area contributed by atoms with E-state index in [2.05, 4.69) is 4.72 Å². The number of nitrogens with zero attached hydrogens (tertiary/aromatic N) is 1.